The molecule has 2 aliphatic heterocycles. The number of primary amides is 1. The molecule has 2 aliphatic rings. The Hall–Kier alpha value is -5.88. The summed E-state index contributed by atoms with van der Waals surface area (Å²) < 4.78 is 5.84. The Kier molecular flexibility index (Phi) is 10.3. The van der Waals surface area contributed by atoms with Crippen molar-refractivity contribution in [2.75, 3.05) is 54.8 Å². The Morgan fingerprint density at radius 1 is 0.808 bits per heavy atom. The van der Waals surface area contributed by atoms with Crippen LogP contribution in [-0.4, -0.2) is 74.0 Å². The normalized spacial score (nSPS) is 15.9. The molecule has 1 unspecified atom stereocenters. The number of fused-ring (bicyclic) bond motifs is 2. The number of nitrogens with one attached hydrogen (secondary N) is 4. The molecule has 5 amide bonds. The summed E-state index contributed by atoms with van der Waals surface area (Å²) in [6, 6.07) is 26.5. The van der Waals surface area contributed by atoms with E-state index in [9.17, 15) is 19.2 Å². The van der Waals surface area contributed by atoms with Crippen molar-refractivity contribution in [3.05, 3.63) is 102 Å². The molecule has 2 saturated heterocycles. The van der Waals surface area contributed by atoms with E-state index in [0.29, 0.717) is 43.1 Å². The third-order valence-electron chi connectivity index (χ3n) is 9.89. The van der Waals surface area contributed by atoms with Gasteiger partial charge in [-0.25, -0.2) is 4.79 Å². The minimum atomic E-state index is -0.958. The summed E-state index contributed by atoms with van der Waals surface area (Å²) >= 11 is 0. The second-order valence-electron chi connectivity index (χ2n) is 13.5. The molecule has 0 radical (unpaired) electrons. The number of carbonyl (C=O) groups excluding carboxylic acids is 4. The Labute approximate surface area is 301 Å². The maximum atomic E-state index is 13.6. The van der Waals surface area contributed by atoms with Crippen molar-refractivity contribution in [2.24, 2.45) is 11.7 Å². The number of nitrogens with two attached hydrogens (primary N) is 1. The van der Waals surface area contributed by atoms with E-state index in [1.165, 1.54) is 0 Å². The number of furan rings is 1. The van der Waals surface area contributed by atoms with E-state index in [-0.39, 0.29) is 24.0 Å². The summed E-state index contributed by atoms with van der Waals surface area (Å²) in [5.41, 5.74) is 8.78. The Morgan fingerprint density at radius 3 is 2.37 bits per heavy atom. The van der Waals surface area contributed by atoms with Gasteiger partial charge in [0.1, 0.15) is 11.6 Å². The monoisotopic (exact) mass is 701 g/mol. The van der Waals surface area contributed by atoms with Crippen LogP contribution >= 0.6 is 0 Å². The van der Waals surface area contributed by atoms with Crippen molar-refractivity contribution in [1.29, 1.82) is 0 Å². The lowest BCUT2D eigenvalue weighted by molar-refractivity contribution is -0.136. The molecular formula is C40H43N7O5. The van der Waals surface area contributed by atoms with Crippen molar-refractivity contribution in [1.82, 2.24) is 15.5 Å². The quantitative estimate of drug-likeness (QED) is 0.143. The summed E-state index contributed by atoms with van der Waals surface area (Å²) in [4.78, 5) is 56.7. The highest BCUT2D eigenvalue weighted by atomic mass is 16.3. The molecule has 0 spiro atoms. The molecule has 52 heavy (non-hydrogen) atoms. The third kappa shape index (κ3) is 8.02. The predicted octanol–water partition coefficient (Wildman–Crippen LogP) is 5.09. The van der Waals surface area contributed by atoms with E-state index in [4.69, 9.17) is 10.2 Å². The van der Waals surface area contributed by atoms with Gasteiger partial charge >= 0.3 is 6.03 Å². The Balaban J connectivity index is 1.09. The number of urea groups is 1. The van der Waals surface area contributed by atoms with Gasteiger partial charge in [-0.05, 0) is 79.0 Å². The Bertz CT molecular complexity index is 2070. The zero-order chi connectivity index (χ0) is 36.0. The molecule has 1 atom stereocenters. The van der Waals surface area contributed by atoms with Gasteiger partial charge in [-0.1, -0.05) is 60.7 Å². The molecule has 0 saturated carbocycles. The topological polar surface area (TPSA) is 162 Å². The zero-order valence-electron chi connectivity index (χ0n) is 28.9. The van der Waals surface area contributed by atoms with Gasteiger partial charge in [0.15, 0.2) is 5.76 Å². The first-order chi connectivity index (χ1) is 25.3. The number of hydrogen-bond donors (Lipinski definition) is 5. The fraction of sp³-hybridized carbons (Fsp3) is 0.300. The number of benzene rings is 4. The lowest BCUT2D eigenvalue weighted by Gasteiger charge is -2.29. The lowest BCUT2D eigenvalue weighted by Crippen LogP contribution is -2.47. The lowest BCUT2D eigenvalue weighted by atomic mass is 9.96. The van der Waals surface area contributed by atoms with E-state index in [1.807, 2.05) is 71.6 Å². The van der Waals surface area contributed by atoms with Crippen molar-refractivity contribution < 1.29 is 23.6 Å². The minimum absolute atomic E-state index is 0.0460. The van der Waals surface area contributed by atoms with Gasteiger partial charge in [0.2, 0.25) is 11.8 Å². The number of carbonyl (C=O) groups is 4. The van der Waals surface area contributed by atoms with Crippen molar-refractivity contribution in [2.45, 2.75) is 31.7 Å². The van der Waals surface area contributed by atoms with Crippen LogP contribution < -0.4 is 31.9 Å². The van der Waals surface area contributed by atoms with Gasteiger partial charge in [-0.15, -0.1) is 0 Å². The summed E-state index contributed by atoms with van der Waals surface area (Å²) in [7, 11) is 0. The van der Waals surface area contributed by atoms with Crippen molar-refractivity contribution in [3.8, 4) is 0 Å². The Morgan fingerprint density at radius 2 is 1.58 bits per heavy atom. The first kappa shape index (κ1) is 34.6. The second kappa shape index (κ2) is 15.6. The number of anilines is 3. The first-order valence-electron chi connectivity index (χ1n) is 17.8. The maximum Gasteiger partial charge on any atom is 0.319 e. The van der Waals surface area contributed by atoms with Crippen molar-refractivity contribution >= 4 is 62.6 Å². The fourth-order valence-electron chi connectivity index (χ4n) is 7.12. The van der Waals surface area contributed by atoms with Crippen LogP contribution in [0.4, 0.5) is 21.9 Å². The number of para-hydroxylation sites is 1. The molecule has 0 bridgehead atoms. The number of amides is 5. The smallest absolute Gasteiger partial charge is 0.319 e. The fourth-order valence-corrected chi connectivity index (χ4v) is 7.12. The molecule has 4 aromatic carbocycles. The summed E-state index contributed by atoms with van der Waals surface area (Å²) in [6.45, 7) is 4.19. The van der Waals surface area contributed by atoms with Crippen LogP contribution in [0.25, 0.3) is 21.7 Å². The van der Waals surface area contributed by atoms with Crippen LogP contribution in [0.2, 0.25) is 0 Å². The highest BCUT2D eigenvalue weighted by Crippen LogP contribution is 2.32. The molecule has 12 nitrogen and oxygen atoms in total. The van der Waals surface area contributed by atoms with Gasteiger partial charge in [-0.2, -0.15) is 0 Å². The van der Waals surface area contributed by atoms with Crippen LogP contribution in [0.15, 0.2) is 95.4 Å². The largest absolute Gasteiger partial charge is 0.451 e. The molecule has 3 heterocycles. The van der Waals surface area contributed by atoms with Crippen LogP contribution in [0.1, 0.15) is 35.4 Å². The maximum absolute atomic E-state index is 13.6. The van der Waals surface area contributed by atoms with E-state index in [0.717, 1.165) is 59.8 Å². The zero-order valence-corrected chi connectivity index (χ0v) is 28.9. The molecule has 2 fully saturated rings. The highest BCUT2D eigenvalue weighted by molar-refractivity contribution is 6.07. The average Bonchev–Trinajstić information content (AvgIpc) is 3.45. The highest BCUT2D eigenvalue weighted by Gasteiger charge is 2.28. The number of hydrogen-bond acceptors (Lipinski definition) is 7. The summed E-state index contributed by atoms with van der Waals surface area (Å²) in [5.74, 6) is -0.699. The number of rotatable bonds is 9. The van der Waals surface area contributed by atoms with E-state index < -0.39 is 23.9 Å². The predicted molar refractivity (Wildman–Crippen MR) is 202 cm³/mol. The molecule has 6 N–H and O–H groups in total. The molecule has 5 aromatic rings. The van der Waals surface area contributed by atoms with Gasteiger partial charge in [0, 0.05) is 49.6 Å². The van der Waals surface area contributed by atoms with Gasteiger partial charge in [0.05, 0.1) is 11.4 Å². The molecule has 12 heteroatoms. The number of piperidine rings is 1. The summed E-state index contributed by atoms with van der Waals surface area (Å²) in [6.07, 6.45) is 2.69. The molecule has 0 aliphatic carbocycles. The van der Waals surface area contributed by atoms with E-state index >= 15 is 0 Å². The van der Waals surface area contributed by atoms with Crippen LogP contribution in [0.5, 0.6) is 0 Å². The van der Waals surface area contributed by atoms with E-state index in [2.05, 4.69) is 26.2 Å². The molecule has 268 valence electrons. The standard InChI is InChI=1S/C40H43N7O5/c41-37(48)33(23-26-10-11-27-6-1-2-7-29(27)22-26)45-40(51)43-31-12-13-34(32(25-31)44-38(49)36-24-30-8-3-4-9-35(30)52-36)46-18-5-19-47(21-20-46)39(50)28-14-16-42-17-15-28/h1-4,6-13,22,24-25,28,33,42H,5,14-21,23H2,(H2,41,48)(H,44,49)(H2,43,45,51). The second-order valence-corrected chi connectivity index (χ2v) is 13.5. The van der Waals surface area contributed by atoms with Gasteiger partial charge < -0.3 is 41.2 Å². The van der Waals surface area contributed by atoms with Crippen LogP contribution in [0.3, 0.4) is 0 Å². The summed E-state index contributed by atoms with van der Waals surface area (Å²) in [5, 5.41) is 14.8. The number of nitrogens with zero attached hydrogens (tertiary/aromatic N) is 2. The average molecular weight is 702 g/mol. The third-order valence-corrected chi connectivity index (χ3v) is 9.89. The van der Waals surface area contributed by atoms with Crippen LogP contribution in [-0.2, 0) is 16.0 Å². The van der Waals surface area contributed by atoms with Gasteiger partial charge in [-0.3, -0.25) is 14.4 Å². The molecule has 1 aromatic heterocycles. The SMILES string of the molecule is NC(=O)C(Cc1ccc2ccccc2c1)NC(=O)Nc1ccc(N2CCCN(C(=O)C3CCNCC3)CC2)c(NC(=O)c2cc3ccccc3o2)c1. The molecular weight excluding hydrogens is 658 g/mol. The van der Waals surface area contributed by atoms with Crippen LogP contribution in [0, 0.1) is 5.92 Å². The first-order valence-corrected chi connectivity index (χ1v) is 17.8. The molecule has 7 rings (SSSR count). The minimum Gasteiger partial charge on any atom is -0.451 e. The van der Waals surface area contributed by atoms with E-state index in [1.54, 1.807) is 24.3 Å². The van der Waals surface area contributed by atoms with Crippen molar-refractivity contribution in [3.63, 3.8) is 0 Å². The van der Waals surface area contributed by atoms with Gasteiger partial charge in [0.25, 0.3) is 5.91 Å².